The normalized spacial score (nSPS) is 13.0. The first-order valence-electron chi connectivity index (χ1n) is 8.69. The summed E-state index contributed by atoms with van der Waals surface area (Å²) in [5.41, 5.74) is 9.27. The molecule has 2 nitrogen and oxygen atoms in total. The van der Waals surface area contributed by atoms with Crippen molar-refractivity contribution < 1.29 is 0 Å². The standard InChI is InChI=1S/C22H22N2/c1-16-20(22(24-23-16)19-9-3-2-4-10-19)13-7-11-18-15-14-17-8-5-6-12-21(17)18/h2-6,8-10,12,15H,7,11,13-14H2,1H3,(H,23,24). The summed E-state index contributed by atoms with van der Waals surface area (Å²) < 4.78 is 0. The number of aromatic amines is 1. The third-order valence-corrected chi connectivity index (χ3v) is 4.93. The van der Waals surface area contributed by atoms with E-state index in [9.17, 15) is 0 Å². The smallest absolute Gasteiger partial charge is 0.0955 e. The Labute approximate surface area is 143 Å². The van der Waals surface area contributed by atoms with Crippen molar-refractivity contribution in [2.75, 3.05) is 0 Å². The van der Waals surface area contributed by atoms with E-state index in [0.29, 0.717) is 0 Å². The number of aromatic nitrogens is 2. The van der Waals surface area contributed by atoms with Crippen LogP contribution in [0.1, 0.15) is 35.2 Å². The second-order valence-corrected chi connectivity index (χ2v) is 6.49. The lowest BCUT2D eigenvalue weighted by molar-refractivity contribution is 0.849. The Balaban J connectivity index is 1.47. The van der Waals surface area contributed by atoms with Gasteiger partial charge in [0.1, 0.15) is 0 Å². The maximum Gasteiger partial charge on any atom is 0.0955 e. The third kappa shape index (κ3) is 2.80. The zero-order chi connectivity index (χ0) is 16.4. The molecule has 1 N–H and O–H groups in total. The van der Waals surface area contributed by atoms with Gasteiger partial charge in [0.25, 0.3) is 0 Å². The van der Waals surface area contributed by atoms with Crippen molar-refractivity contribution >= 4 is 5.57 Å². The number of rotatable bonds is 5. The van der Waals surface area contributed by atoms with Crippen LogP contribution < -0.4 is 0 Å². The number of H-pyrrole nitrogens is 1. The van der Waals surface area contributed by atoms with Crippen molar-refractivity contribution in [1.29, 1.82) is 0 Å². The Hall–Kier alpha value is -2.61. The Morgan fingerprint density at radius 3 is 2.62 bits per heavy atom. The van der Waals surface area contributed by atoms with E-state index in [2.05, 4.69) is 71.7 Å². The first-order chi connectivity index (χ1) is 11.8. The molecule has 0 radical (unpaired) electrons. The highest BCUT2D eigenvalue weighted by Gasteiger charge is 2.15. The lowest BCUT2D eigenvalue weighted by atomic mass is 9.97. The van der Waals surface area contributed by atoms with Gasteiger partial charge in [0.15, 0.2) is 0 Å². The highest BCUT2D eigenvalue weighted by atomic mass is 15.1. The molecule has 3 aromatic rings. The van der Waals surface area contributed by atoms with E-state index in [0.717, 1.165) is 31.4 Å². The molecule has 2 heteroatoms. The van der Waals surface area contributed by atoms with Crippen LogP contribution in [0.4, 0.5) is 0 Å². The number of nitrogens with one attached hydrogen (secondary N) is 1. The molecular formula is C22H22N2. The molecule has 0 saturated carbocycles. The van der Waals surface area contributed by atoms with E-state index in [4.69, 9.17) is 0 Å². The van der Waals surface area contributed by atoms with Crippen LogP contribution in [0.3, 0.4) is 0 Å². The zero-order valence-corrected chi connectivity index (χ0v) is 14.0. The van der Waals surface area contributed by atoms with E-state index in [1.807, 2.05) is 6.07 Å². The van der Waals surface area contributed by atoms with E-state index >= 15 is 0 Å². The van der Waals surface area contributed by atoms with Crippen LogP contribution in [0.2, 0.25) is 0 Å². The summed E-state index contributed by atoms with van der Waals surface area (Å²) in [5, 5.41) is 7.70. The van der Waals surface area contributed by atoms with Gasteiger partial charge in [-0.3, -0.25) is 5.10 Å². The van der Waals surface area contributed by atoms with Crippen molar-refractivity contribution in [3.8, 4) is 11.3 Å². The lowest BCUT2D eigenvalue weighted by Gasteiger charge is -2.07. The van der Waals surface area contributed by atoms with E-state index < -0.39 is 0 Å². The zero-order valence-electron chi connectivity index (χ0n) is 14.0. The summed E-state index contributed by atoms with van der Waals surface area (Å²) in [6, 6.07) is 19.2. The summed E-state index contributed by atoms with van der Waals surface area (Å²) in [6.45, 7) is 2.12. The molecule has 120 valence electrons. The highest BCUT2D eigenvalue weighted by Crippen LogP contribution is 2.32. The molecule has 0 fully saturated rings. The highest BCUT2D eigenvalue weighted by molar-refractivity contribution is 5.73. The number of hydrogen-bond donors (Lipinski definition) is 1. The van der Waals surface area contributed by atoms with Crippen LogP contribution in [-0.2, 0) is 12.8 Å². The minimum atomic E-state index is 1.06. The van der Waals surface area contributed by atoms with Gasteiger partial charge in [0.2, 0.25) is 0 Å². The fourth-order valence-electron chi connectivity index (χ4n) is 3.64. The first kappa shape index (κ1) is 14.9. The van der Waals surface area contributed by atoms with Crippen molar-refractivity contribution in [3.05, 3.63) is 83.1 Å². The Morgan fingerprint density at radius 2 is 1.75 bits per heavy atom. The number of fused-ring (bicyclic) bond motifs is 1. The topological polar surface area (TPSA) is 28.7 Å². The van der Waals surface area contributed by atoms with Gasteiger partial charge in [0.05, 0.1) is 5.69 Å². The van der Waals surface area contributed by atoms with Gasteiger partial charge >= 0.3 is 0 Å². The van der Waals surface area contributed by atoms with Crippen LogP contribution in [-0.4, -0.2) is 10.2 Å². The Morgan fingerprint density at radius 1 is 0.958 bits per heavy atom. The molecule has 1 aromatic heterocycles. The predicted octanol–water partition coefficient (Wildman–Crippen LogP) is 5.35. The van der Waals surface area contributed by atoms with Gasteiger partial charge in [-0.05, 0) is 49.3 Å². The van der Waals surface area contributed by atoms with Crippen LogP contribution in [0.25, 0.3) is 16.8 Å². The molecule has 1 aliphatic carbocycles. The number of benzene rings is 2. The van der Waals surface area contributed by atoms with Gasteiger partial charge < -0.3 is 0 Å². The first-order valence-corrected chi connectivity index (χ1v) is 8.69. The molecule has 2 aromatic carbocycles. The molecule has 0 spiro atoms. The second-order valence-electron chi connectivity index (χ2n) is 6.49. The monoisotopic (exact) mass is 314 g/mol. The molecule has 24 heavy (non-hydrogen) atoms. The molecule has 0 unspecified atom stereocenters. The fourth-order valence-corrected chi connectivity index (χ4v) is 3.64. The van der Waals surface area contributed by atoms with Crippen LogP contribution in [0.5, 0.6) is 0 Å². The maximum absolute atomic E-state index is 4.53. The summed E-state index contributed by atoms with van der Waals surface area (Å²) >= 11 is 0. The van der Waals surface area contributed by atoms with E-state index in [-0.39, 0.29) is 0 Å². The summed E-state index contributed by atoms with van der Waals surface area (Å²) in [4.78, 5) is 0. The summed E-state index contributed by atoms with van der Waals surface area (Å²) in [6.07, 6.45) is 6.83. The average Bonchev–Trinajstić information content (AvgIpc) is 3.20. The largest absolute Gasteiger partial charge is 0.282 e. The van der Waals surface area contributed by atoms with Crippen LogP contribution in [0.15, 0.2) is 60.7 Å². The quantitative estimate of drug-likeness (QED) is 0.676. The predicted molar refractivity (Wildman–Crippen MR) is 99.8 cm³/mol. The molecule has 0 bridgehead atoms. The van der Waals surface area contributed by atoms with Crippen molar-refractivity contribution in [2.45, 2.75) is 32.6 Å². The van der Waals surface area contributed by atoms with E-state index in [1.165, 1.54) is 33.5 Å². The van der Waals surface area contributed by atoms with Crippen molar-refractivity contribution in [2.24, 2.45) is 0 Å². The summed E-state index contributed by atoms with van der Waals surface area (Å²) in [5.74, 6) is 0. The van der Waals surface area contributed by atoms with Gasteiger partial charge in [-0.1, -0.05) is 60.7 Å². The Kier molecular flexibility index (Phi) is 4.04. The molecule has 1 heterocycles. The number of aryl methyl sites for hydroxylation is 1. The van der Waals surface area contributed by atoms with Crippen molar-refractivity contribution in [1.82, 2.24) is 10.2 Å². The molecule has 0 atom stereocenters. The third-order valence-electron chi connectivity index (χ3n) is 4.93. The average molecular weight is 314 g/mol. The minimum Gasteiger partial charge on any atom is -0.282 e. The molecule has 0 saturated heterocycles. The van der Waals surface area contributed by atoms with Crippen LogP contribution >= 0.6 is 0 Å². The van der Waals surface area contributed by atoms with Gasteiger partial charge in [0, 0.05) is 16.8 Å². The second kappa shape index (κ2) is 6.48. The van der Waals surface area contributed by atoms with Gasteiger partial charge in [-0.2, -0.15) is 5.10 Å². The summed E-state index contributed by atoms with van der Waals surface area (Å²) in [7, 11) is 0. The molecule has 0 aliphatic heterocycles. The molecular weight excluding hydrogens is 292 g/mol. The molecule has 1 aliphatic rings. The Bertz CT molecular complexity index is 872. The van der Waals surface area contributed by atoms with Gasteiger partial charge in [-0.25, -0.2) is 0 Å². The minimum absolute atomic E-state index is 1.06. The van der Waals surface area contributed by atoms with E-state index in [1.54, 1.807) is 0 Å². The van der Waals surface area contributed by atoms with Crippen molar-refractivity contribution in [3.63, 3.8) is 0 Å². The lowest BCUT2D eigenvalue weighted by Crippen LogP contribution is -1.92. The maximum atomic E-state index is 4.53. The SMILES string of the molecule is Cc1[nH]nc(-c2ccccc2)c1CCCC1=CCc2ccccc21. The van der Waals surface area contributed by atoms with Gasteiger partial charge in [-0.15, -0.1) is 0 Å². The number of nitrogens with zero attached hydrogens (tertiary/aromatic N) is 1. The molecule has 4 rings (SSSR count). The fraction of sp³-hybridized carbons (Fsp3) is 0.227. The number of hydrogen-bond acceptors (Lipinski definition) is 1. The number of allylic oxidation sites excluding steroid dienone is 2. The van der Waals surface area contributed by atoms with Crippen LogP contribution in [0, 0.1) is 6.92 Å². The molecule has 0 amide bonds.